The molecule has 0 radical (unpaired) electrons. The van der Waals surface area contributed by atoms with Crippen LogP contribution >= 0.6 is 0 Å². The lowest BCUT2D eigenvalue weighted by molar-refractivity contribution is -0.157. The van der Waals surface area contributed by atoms with Crippen molar-refractivity contribution < 1.29 is 33.7 Å². The average Bonchev–Trinajstić information content (AvgIpc) is 3.18. The Labute approximate surface area is 216 Å². The number of benzene rings is 1. The number of aliphatic hydroxyl groups is 1. The van der Waals surface area contributed by atoms with Gasteiger partial charge in [0.25, 0.3) is 5.91 Å². The molecule has 1 spiro atoms. The molecule has 2 amide bonds. The van der Waals surface area contributed by atoms with Crippen molar-refractivity contribution in [1.29, 1.82) is 0 Å². The van der Waals surface area contributed by atoms with Crippen molar-refractivity contribution in [2.24, 2.45) is 11.8 Å². The van der Waals surface area contributed by atoms with Crippen molar-refractivity contribution in [3.05, 3.63) is 48.6 Å². The minimum atomic E-state index is -1.30. The summed E-state index contributed by atoms with van der Waals surface area (Å²) in [5.41, 5.74) is -1.65. The van der Waals surface area contributed by atoms with E-state index in [2.05, 4.69) is 0 Å². The summed E-state index contributed by atoms with van der Waals surface area (Å²) in [5, 5.41) is 9.21. The fourth-order valence-corrected chi connectivity index (χ4v) is 6.40. The molecule has 0 bridgehead atoms. The molecule has 0 aromatic heterocycles. The van der Waals surface area contributed by atoms with Crippen molar-refractivity contribution in [2.75, 3.05) is 38.3 Å². The highest BCUT2D eigenvalue weighted by molar-refractivity contribution is 6.05. The van der Waals surface area contributed by atoms with E-state index in [1.54, 1.807) is 35.1 Å². The van der Waals surface area contributed by atoms with Crippen LogP contribution in [0.1, 0.15) is 32.6 Å². The summed E-state index contributed by atoms with van der Waals surface area (Å²) >= 11 is 0. The fourth-order valence-electron chi connectivity index (χ4n) is 6.40. The van der Waals surface area contributed by atoms with Crippen LogP contribution in [-0.2, 0) is 23.9 Å². The standard InChI is InChI=1S/C28H34N2O7/c1-3-27-13-8-18-36-26(34)22(27)21-24(32)30(15-5-4-6-17-31)23-25(33)29(16-7-14-28(21,23)37-27)19-9-11-20(35-2)12-10-19/h7-14,21-23,31H,3-6,15-18H2,1-2H3/t21-,22+,23?,27-,28-/m0/s1. The summed E-state index contributed by atoms with van der Waals surface area (Å²) in [7, 11) is 1.58. The molecule has 2 fully saturated rings. The Balaban J connectivity index is 1.59. The molecule has 5 rings (SSSR count). The van der Waals surface area contributed by atoms with Gasteiger partial charge in [-0.3, -0.25) is 14.4 Å². The molecule has 4 heterocycles. The number of esters is 1. The van der Waals surface area contributed by atoms with Gasteiger partial charge in [0.05, 0.1) is 13.0 Å². The van der Waals surface area contributed by atoms with Crippen LogP contribution in [0.4, 0.5) is 5.69 Å². The molecule has 9 nitrogen and oxygen atoms in total. The number of hydrogen-bond acceptors (Lipinski definition) is 7. The predicted octanol–water partition coefficient (Wildman–Crippen LogP) is 2.23. The summed E-state index contributed by atoms with van der Waals surface area (Å²) in [4.78, 5) is 44.9. The van der Waals surface area contributed by atoms with Crippen molar-refractivity contribution in [2.45, 2.75) is 49.9 Å². The SMILES string of the molecule is CC[C@]12C=CCOC(=O)[C@H]1[C@H]1C(=O)N(CCCCCO)C3C(=O)N(c4ccc(OC)cc4)CC=C[C@@]31O2. The number of ether oxygens (including phenoxy) is 3. The maximum absolute atomic E-state index is 14.3. The quantitative estimate of drug-likeness (QED) is 0.325. The van der Waals surface area contributed by atoms with Crippen LogP contribution in [0.25, 0.3) is 0 Å². The van der Waals surface area contributed by atoms with Gasteiger partial charge < -0.3 is 29.1 Å². The smallest absolute Gasteiger partial charge is 0.313 e. The number of aliphatic hydroxyl groups excluding tert-OH is 1. The van der Waals surface area contributed by atoms with E-state index >= 15 is 0 Å². The third-order valence-electron chi connectivity index (χ3n) is 8.14. The summed E-state index contributed by atoms with van der Waals surface area (Å²) < 4.78 is 17.6. The number of amides is 2. The van der Waals surface area contributed by atoms with Crippen LogP contribution < -0.4 is 9.64 Å². The number of nitrogens with zero attached hydrogens (tertiary/aromatic N) is 2. The lowest BCUT2D eigenvalue weighted by Crippen LogP contribution is -2.56. The highest BCUT2D eigenvalue weighted by atomic mass is 16.6. The number of cyclic esters (lactones) is 1. The average molecular weight is 511 g/mol. The molecule has 1 aromatic rings. The molecular formula is C28H34N2O7. The van der Waals surface area contributed by atoms with Crippen molar-refractivity contribution in [1.82, 2.24) is 4.90 Å². The number of anilines is 1. The molecule has 1 unspecified atom stereocenters. The third kappa shape index (κ3) is 3.95. The van der Waals surface area contributed by atoms with Crippen molar-refractivity contribution in [3.8, 4) is 5.75 Å². The first-order valence-corrected chi connectivity index (χ1v) is 13.0. The highest BCUT2D eigenvalue weighted by Gasteiger charge is 2.75. The summed E-state index contributed by atoms with van der Waals surface area (Å²) in [6.45, 7) is 2.75. The monoisotopic (exact) mass is 510 g/mol. The fraction of sp³-hybridized carbons (Fsp3) is 0.536. The van der Waals surface area contributed by atoms with Gasteiger partial charge in [-0.15, -0.1) is 0 Å². The van der Waals surface area contributed by atoms with Gasteiger partial charge in [-0.25, -0.2) is 0 Å². The van der Waals surface area contributed by atoms with Gasteiger partial charge >= 0.3 is 5.97 Å². The molecule has 2 saturated heterocycles. The van der Waals surface area contributed by atoms with Gasteiger partial charge in [-0.2, -0.15) is 0 Å². The molecule has 4 aliphatic heterocycles. The Morgan fingerprint density at radius 2 is 1.81 bits per heavy atom. The number of methoxy groups -OCH3 is 1. The van der Waals surface area contributed by atoms with E-state index in [-0.39, 0.29) is 25.0 Å². The summed E-state index contributed by atoms with van der Waals surface area (Å²) in [6, 6.07) is 6.28. The van der Waals surface area contributed by atoms with Gasteiger partial charge in [-0.05, 0) is 56.0 Å². The Morgan fingerprint density at radius 3 is 2.51 bits per heavy atom. The number of carbonyl (C=O) groups is 3. The number of hydrogen-bond donors (Lipinski definition) is 1. The molecule has 1 N–H and O–H groups in total. The Kier molecular flexibility index (Phi) is 6.85. The summed E-state index contributed by atoms with van der Waals surface area (Å²) in [6.07, 6.45) is 9.71. The van der Waals surface area contributed by atoms with Crippen LogP contribution in [0, 0.1) is 11.8 Å². The second-order valence-electron chi connectivity index (χ2n) is 10.0. The first kappa shape index (κ1) is 25.5. The van der Waals surface area contributed by atoms with Crippen LogP contribution in [0.15, 0.2) is 48.6 Å². The summed E-state index contributed by atoms with van der Waals surface area (Å²) in [5.74, 6) is -2.04. The van der Waals surface area contributed by atoms with Gasteiger partial charge in [0.1, 0.15) is 35.5 Å². The Hall–Kier alpha value is -3.17. The maximum atomic E-state index is 14.3. The molecule has 198 valence electrons. The van der Waals surface area contributed by atoms with Crippen molar-refractivity contribution >= 4 is 23.5 Å². The number of rotatable bonds is 8. The largest absolute Gasteiger partial charge is 0.497 e. The van der Waals surface area contributed by atoms with Gasteiger partial charge in [0, 0.05) is 25.4 Å². The number of carbonyl (C=O) groups excluding carboxylic acids is 3. The van der Waals surface area contributed by atoms with E-state index in [4.69, 9.17) is 14.2 Å². The zero-order valence-corrected chi connectivity index (χ0v) is 21.3. The molecule has 37 heavy (non-hydrogen) atoms. The number of unbranched alkanes of at least 4 members (excludes halogenated alkanes) is 2. The third-order valence-corrected chi connectivity index (χ3v) is 8.14. The minimum absolute atomic E-state index is 0.0687. The van der Waals surface area contributed by atoms with E-state index in [1.165, 1.54) is 0 Å². The van der Waals surface area contributed by atoms with Crippen LogP contribution in [0.5, 0.6) is 5.75 Å². The molecule has 4 aliphatic rings. The molecule has 0 saturated carbocycles. The van der Waals surface area contributed by atoms with Crippen molar-refractivity contribution in [3.63, 3.8) is 0 Å². The highest BCUT2D eigenvalue weighted by Crippen LogP contribution is 2.58. The topological polar surface area (TPSA) is 106 Å². The first-order valence-electron chi connectivity index (χ1n) is 13.0. The molecule has 5 atom stereocenters. The maximum Gasteiger partial charge on any atom is 0.313 e. The van der Waals surface area contributed by atoms with E-state index in [9.17, 15) is 19.5 Å². The van der Waals surface area contributed by atoms with E-state index in [0.29, 0.717) is 50.2 Å². The molecular weight excluding hydrogens is 476 g/mol. The van der Waals surface area contributed by atoms with Gasteiger partial charge in [0.2, 0.25) is 5.91 Å². The van der Waals surface area contributed by atoms with Gasteiger partial charge in [-0.1, -0.05) is 25.2 Å². The molecule has 9 heteroatoms. The first-order chi connectivity index (χ1) is 17.9. The zero-order valence-electron chi connectivity index (χ0n) is 21.3. The molecule has 1 aromatic carbocycles. The molecule has 0 aliphatic carbocycles. The normalized spacial score (nSPS) is 32.5. The lowest BCUT2D eigenvalue weighted by Gasteiger charge is -2.38. The van der Waals surface area contributed by atoms with E-state index < -0.39 is 35.0 Å². The predicted molar refractivity (Wildman–Crippen MR) is 135 cm³/mol. The lowest BCUT2D eigenvalue weighted by atomic mass is 9.73. The van der Waals surface area contributed by atoms with Gasteiger partial charge in [0.15, 0.2) is 0 Å². The van der Waals surface area contributed by atoms with Crippen LogP contribution in [-0.4, -0.2) is 78.4 Å². The zero-order chi connectivity index (χ0) is 26.2. The van der Waals surface area contributed by atoms with Crippen LogP contribution in [0.2, 0.25) is 0 Å². The number of fused-ring (bicyclic) bond motifs is 2. The minimum Gasteiger partial charge on any atom is -0.497 e. The van der Waals surface area contributed by atoms with E-state index in [0.717, 1.165) is 0 Å². The van der Waals surface area contributed by atoms with Crippen LogP contribution in [0.3, 0.4) is 0 Å². The van der Waals surface area contributed by atoms with E-state index in [1.807, 2.05) is 37.3 Å². The second kappa shape index (κ2) is 9.95. The number of likely N-dealkylation sites (tertiary alicyclic amines) is 1. The Bertz CT molecular complexity index is 1120. The Morgan fingerprint density at radius 1 is 1.03 bits per heavy atom. The second-order valence-corrected chi connectivity index (χ2v) is 10.0.